The summed E-state index contributed by atoms with van der Waals surface area (Å²) < 4.78 is 2.46. The highest BCUT2D eigenvalue weighted by Gasteiger charge is 2.30. The van der Waals surface area contributed by atoms with Crippen LogP contribution in [0.5, 0.6) is 0 Å². The Labute approximate surface area is 119 Å². The number of nitrogens with zero attached hydrogens (tertiary/aromatic N) is 4. The molecule has 0 amide bonds. The van der Waals surface area contributed by atoms with Crippen molar-refractivity contribution in [2.75, 3.05) is 20.1 Å². The topological polar surface area (TPSA) is 34.0 Å². The van der Waals surface area contributed by atoms with Gasteiger partial charge in [-0.3, -0.25) is 0 Å². The van der Waals surface area contributed by atoms with Crippen LogP contribution < -0.4 is 0 Å². The average molecular weight is 270 g/mol. The first-order valence-corrected chi connectivity index (χ1v) is 7.84. The van der Waals surface area contributed by atoms with Gasteiger partial charge in [-0.2, -0.15) is 0 Å². The molecule has 2 aliphatic rings. The summed E-state index contributed by atoms with van der Waals surface area (Å²) in [5.74, 6) is 1.86. The molecule has 1 atom stereocenters. The monoisotopic (exact) mass is 270 g/mol. The first-order valence-electron chi connectivity index (χ1n) is 7.84. The second kappa shape index (κ2) is 4.85. The van der Waals surface area contributed by atoms with Crippen LogP contribution in [0, 0.1) is 0 Å². The fraction of sp³-hybridized carbons (Fsp3) is 0.625. The van der Waals surface area contributed by atoms with Crippen molar-refractivity contribution in [2.45, 2.75) is 44.1 Å². The summed E-state index contributed by atoms with van der Waals surface area (Å²) in [4.78, 5) is 12.0. The second-order valence-corrected chi connectivity index (χ2v) is 6.37. The molecule has 106 valence electrons. The highest BCUT2D eigenvalue weighted by atomic mass is 15.2. The Morgan fingerprint density at radius 3 is 2.85 bits per heavy atom. The Bertz CT molecular complexity index is 614. The van der Waals surface area contributed by atoms with Gasteiger partial charge in [0.05, 0.1) is 0 Å². The molecule has 0 aromatic carbocycles. The molecular formula is C16H22N4. The Kier molecular flexibility index (Phi) is 2.99. The van der Waals surface area contributed by atoms with Gasteiger partial charge in [-0.1, -0.05) is 0 Å². The Morgan fingerprint density at radius 1 is 1.20 bits per heavy atom. The highest BCUT2D eigenvalue weighted by Crippen LogP contribution is 2.38. The van der Waals surface area contributed by atoms with Crippen molar-refractivity contribution in [2.24, 2.45) is 0 Å². The zero-order chi connectivity index (χ0) is 13.5. The molecule has 1 saturated heterocycles. The maximum absolute atomic E-state index is 4.95. The lowest BCUT2D eigenvalue weighted by Crippen LogP contribution is -2.33. The van der Waals surface area contributed by atoms with E-state index >= 15 is 0 Å². The number of likely N-dealkylation sites (N-methyl/N-ethyl adjacent to an activating group) is 1. The van der Waals surface area contributed by atoms with Gasteiger partial charge in [0.2, 0.25) is 0 Å². The molecule has 1 aliphatic carbocycles. The molecule has 0 bridgehead atoms. The fourth-order valence-corrected chi connectivity index (χ4v) is 3.62. The smallest absolute Gasteiger partial charge is 0.160 e. The predicted octanol–water partition coefficient (Wildman–Crippen LogP) is 2.97. The van der Waals surface area contributed by atoms with E-state index in [0.29, 0.717) is 12.0 Å². The van der Waals surface area contributed by atoms with Gasteiger partial charge in [-0.15, -0.1) is 0 Å². The summed E-state index contributed by atoms with van der Waals surface area (Å²) >= 11 is 0. The van der Waals surface area contributed by atoms with Crippen LogP contribution in [0.4, 0.5) is 0 Å². The van der Waals surface area contributed by atoms with Crippen molar-refractivity contribution in [1.82, 2.24) is 19.4 Å². The van der Waals surface area contributed by atoms with Crippen molar-refractivity contribution in [1.29, 1.82) is 0 Å². The Morgan fingerprint density at radius 2 is 2.10 bits per heavy atom. The van der Waals surface area contributed by atoms with Crippen LogP contribution in [0.2, 0.25) is 0 Å². The third-order valence-corrected chi connectivity index (χ3v) is 4.91. The Hall–Kier alpha value is -1.42. The molecule has 1 aliphatic heterocycles. The second-order valence-electron chi connectivity index (χ2n) is 6.37. The molecule has 1 saturated carbocycles. The first kappa shape index (κ1) is 12.3. The number of likely N-dealkylation sites (tertiary alicyclic amines) is 1. The zero-order valence-electron chi connectivity index (χ0n) is 12.1. The van der Waals surface area contributed by atoms with E-state index in [9.17, 15) is 0 Å². The first-order chi connectivity index (χ1) is 9.83. The lowest BCUT2D eigenvalue weighted by Gasteiger charge is -2.33. The number of pyridine rings is 1. The van der Waals surface area contributed by atoms with E-state index < -0.39 is 0 Å². The SMILES string of the molecule is CN1CCCC(c2nc3cccnc3n2C2CCC2)C1. The maximum Gasteiger partial charge on any atom is 0.160 e. The van der Waals surface area contributed by atoms with Crippen molar-refractivity contribution in [3.63, 3.8) is 0 Å². The maximum atomic E-state index is 4.95. The zero-order valence-corrected chi connectivity index (χ0v) is 12.1. The molecule has 4 nitrogen and oxygen atoms in total. The lowest BCUT2D eigenvalue weighted by atomic mass is 9.91. The number of aromatic nitrogens is 3. The predicted molar refractivity (Wildman–Crippen MR) is 79.9 cm³/mol. The largest absolute Gasteiger partial charge is 0.309 e. The van der Waals surface area contributed by atoms with Crippen LogP contribution >= 0.6 is 0 Å². The summed E-state index contributed by atoms with van der Waals surface area (Å²) in [5, 5.41) is 0. The molecule has 0 N–H and O–H groups in total. The number of rotatable bonds is 2. The van der Waals surface area contributed by atoms with Gasteiger partial charge in [0.25, 0.3) is 0 Å². The third kappa shape index (κ3) is 1.94. The summed E-state index contributed by atoms with van der Waals surface area (Å²) in [6.07, 6.45) is 8.37. The standard InChI is InChI=1S/C16H22N4/c1-19-10-4-5-12(11-19)15-18-14-8-3-9-17-16(14)20(15)13-6-2-7-13/h3,8-9,12-13H,2,4-7,10-11H2,1H3. The minimum Gasteiger partial charge on any atom is -0.309 e. The van der Waals surface area contributed by atoms with Crippen molar-refractivity contribution in [3.05, 3.63) is 24.2 Å². The number of imidazole rings is 1. The van der Waals surface area contributed by atoms with Crippen LogP contribution in [0.1, 0.15) is 49.9 Å². The van der Waals surface area contributed by atoms with Crippen molar-refractivity contribution in [3.8, 4) is 0 Å². The lowest BCUT2D eigenvalue weighted by molar-refractivity contribution is 0.233. The minimum absolute atomic E-state index is 0.573. The highest BCUT2D eigenvalue weighted by molar-refractivity contribution is 5.71. The molecular weight excluding hydrogens is 248 g/mol. The van der Waals surface area contributed by atoms with Crippen LogP contribution in [0.25, 0.3) is 11.2 Å². The normalized spacial score (nSPS) is 24.9. The van der Waals surface area contributed by atoms with Gasteiger partial charge in [0, 0.05) is 24.7 Å². The van der Waals surface area contributed by atoms with E-state index in [1.807, 2.05) is 12.3 Å². The number of hydrogen-bond donors (Lipinski definition) is 0. The van der Waals surface area contributed by atoms with E-state index in [2.05, 4.69) is 27.6 Å². The van der Waals surface area contributed by atoms with Crippen molar-refractivity contribution >= 4 is 11.2 Å². The van der Waals surface area contributed by atoms with E-state index in [1.165, 1.54) is 44.5 Å². The summed E-state index contributed by atoms with van der Waals surface area (Å²) in [6, 6.07) is 4.74. The molecule has 2 aromatic rings. The van der Waals surface area contributed by atoms with Gasteiger partial charge in [-0.25, -0.2) is 9.97 Å². The van der Waals surface area contributed by atoms with Gasteiger partial charge in [0.15, 0.2) is 5.65 Å². The summed E-state index contributed by atoms with van der Waals surface area (Å²) in [7, 11) is 2.22. The number of piperidine rings is 1. The molecule has 4 rings (SSSR count). The van der Waals surface area contributed by atoms with E-state index in [4.69, 9.17) is 4.98 Å². The summed E-state index contributed by atoms with van der Waals surface area (Å²) in [5.41, 5.74) is 2.17. The molecule has 4 heteroatoms. The molecule has 3 heterocycles. The minimum atomic E-state index is 0.573. The fourth-order valence-electron chi connectivity index (χ4n) is 3.62. The van der Waals surface area contributed by atoms with Crippen molar-refractivity contribution < 1.29 is 0 Å². The number of hydrogen-bond acceptors (Lipinski definition) is 3. The molecule has 20 heavy (non-hydrogen) atoms. The molecule has 2 fully saturated rings. The van der Waals surface area contributed by atoms with Crippen LogP contribution in [-0.4, -0.2) is 39.6 Å². The van der Waals surface area contributed by atoms with Crippen LogP contribution in [-0.2, 0) is 0 Å². The summed E-state index contributed by atoms with van der Waals surface area (Å²) in [6.45, 7) is 2.36. The van der Waals surface area contributed by atoms with E-state index in [0.717, 1.165) is 17.7 Å². The average Bonchev–Trinajstić information content (AvgIpc) is 2.77. The van der Waals surface area contributed by atoms with E-state index in [1.54, 1.807) is 0 Å². The van der Waals surface area contributed by atoms with Gasteiger partial charge >= 0.3 is 0 Å². The van der Waals surface area contributed by atoms with Crippen LogP contribution in [0.3, 0.4) is 0 Å². The molecule has 0 spiro atoms. The third-order valence-electron chi connectivity index (χ3n) is 4.91. The quantitative estimate of drug-likeness (QED) is 0.841. The number of fused-ring (bicyclic) bond motifs is 1. The van der Waals surface area contributed by atoms with Gasteiger partial charge < -0.3 is 9.47 Å². The molecule has 0 radical (unpaired) electrons. The van der Waals surface area contributed by atoms with E-state index in [-0.39, 0.29) is 0 Å². The van der Waals surface area contributed by atoms with Gasteiger partial charge in [-0.05, 0) is 57.8 Å². The van der Waals surface area contributed by atoms with Gasteiger partial charge in [0.1, 0.15) is 11.3 Å². The Balaban J connectivity index is 1.80. The molecule has 1 unspecified atom stereocenters. The van der Waals surface area contributed by atoms with Crippen LogP contribution in [0.15, 0.2) is 18.3 Å². The molecule has 2 aromatic heterocycles.